The number of rotatable bonds is 9. The molecule has 0 spiro atoms. The number of carbonyl (C=O) groups is 2. The number of anilines is 1. The molecule has 0 aliphatic carbocycles. The molecule has 1 rings (SSSR count). The van der Waals surface area contributed by atoms with E-state index < -0.39 is 12.0 Å². The Bertz CT molecular complexity index is 485. The molecule has 1 atom stereocenters. The Morgan fingerprint density at radius 3 is 2.57 bits per heavy atom. The molecule has 0 aromatic heterocycles. The van der Waals surface area contributed by atoms with Gasteiger partial charge in [-0.25, -0.2) is 0 Å². The number of nitrogens with one attached hydrogen (secondary N) is 2. The third kappa shape index (κ3) is 6.09. The highest BCUT2D eigenvalue weighted by atomic mass is 16.5. The predicted octanol–water partition coefficient (Wildman–Crippen LogP) is 1.64. The van der Waals surface area contributed by atoms with Gasteiger partial charge in [-0.1, -0.05) is 6.08 Å². The van der Waals surface area contributed by atoms with Gasteiger partial charge in [0.2, 0.25) is 5.91 Å². The zero-order valence-corrected chi connectivity index (χ0v) is 12.0. The molecule has 114 valence electrons. The van der Waals surface area contributed by atoms with Crippen LogP contribution in [0.1, 0.15) is 13.3 Å². The number of amides is 1. The van der Waals surface area contributed by atoms with Crippen LogP contribution in [0.2, 0.25) is 0 Å². The first-order valence-electron chi connectivity index (χ1n) is 6.66. The molecule has 21 heavy (non-hydrogen) atoms. The van der Waals surface area contributed by atoms with Gasteiger partial charge in [0.05, 0.1) is 13.0 Å². The molecular weight excluding hydrogens is 272 g/mol. The molecule has 6 nitrogen and oxygen atoms in total. The summed E-state index contributed by atoms with van der Waals surface area (Å²) < 4.78 is 5.30. The summed E-state index contributed by atoms with van der Waals surface area (Å²) in [6, 6.07) is 5.95. The summed E-state index contributed by atoms with van der Waals surface area (Å²) in [6.45, 7) is 6.28. The summed E-state index contributed by atoms with van der Waals surface area (Å²) in [7, 11) is 0. The minimum absolute atomic E-state index is 0.156. The quantitative estimate of drug-likeness (QED) is 0.602. The second-order valence-electron chi connectivity index (χ2n) is 4.30. The number of carboxylic acids is 1. The van der Waals surface area contributed by atoms with Crippen molar-refractivity contribution in [2.24, 2.45) is 0 Å². The number of aliphatic carboxylic acids is 1. The lowest BCUT2D eigenvalue weighted by Crippen LogP contribution is -2.39. The average molecular weight is 292 g/mol. The van der Waals surface area contributed by atoms with E-state index in [4.69, 9.17) is 9.84 Å². The van der Waals surface area contributed by atoms with E-state index >= 15 is 0 Å². The highest BCUT2D eigenvalue weighted by Gasteiger charge is 2.20. The molecule has 1 amide bonds. The molecule has 0 radical (unpaired) electrons. The van der Waals surface area contributed by atoms with Crippen LogP contribution in [0.3, 0.4) is 0 Å². The maximum Gasteiger partial charge on any atom is 0.321 e. The van der Waals surface area contributed by atoms with E-state index in [1.165, 1.54) is 0 Å². The van der Waals surface area contributed by atoms with Crippen molar-refractivity contribution in [2.45, 2.75) is 19.4 Å². The molecular formula is C15H20N2O4. The topological polar surface area (TPSA) is 87.7 Å². The molecule has 6 heteroatoms. The van der Waals surface area contributed by atoms with Gasteiger partial charge in [-0.2, -0.15) is 0 Å². The van der Waals surface area contributed by atoms with Gasteiger partial charge in [0.15, 0.2) is 0 Å². The summed E-state index contributed by atoms with van der Waals surface area (Å²) in [5.41, 5.74) is 0.594. The van der Waals surface area contributed by atoms with E-state index in [-0.39, 0.29) is 12.3 Å². The van der Waals surface area contributed by atoms with Gasteiger partial charge in [-0.3, -0.25) is 9.59 Å². The van der Waals surface area contributed by atoms with Crippen molar-refractivity contribution in [3.05, 3.63) is 36.9 Å². The fourth-order valence-corrected chi connectivity index (χ4v) is 1.67. The van der Waals surface area contributed by atoms with Gasteiger partial charge in [-0.05, 0) is 31.2 Å². The third-order valence-electron chi connectivity index (χ3n) is 2.65. The molecule has 0 saturated heterocycles. The van der Waals surface area contributed by atoms with Crippen molar-refractivity contribution < 1.29 is 19.4 Å². The van der Waals surface area contributed by atoms with Gasteiger partial charge in [0, 0.05) is 12.2 Å². The van der Waals surface area contributed by atoms with Crippen molar-refractivity contribution in [1.29, 1.82) is 0 Å². The van der Waals surface area contributed by atoms with E-state index in [0.29, 0.717) is 24.6 Å². The van der Waals surface area contributed by atoms with Gasteiger partial charge >= 0.3 is 5.97 Å². The van der Waals surface area contributed by atoms with E-state index in [9.17, 15) is 9.59 Å². The van der Waals surface area contributed by atoms with Crippen LogP contribution in [0.15, 0.2) is 36.9 Å². The van der Waals surface area contributed by atoms with E-state index in [1.54, 1.807) is 30.3 Å². The number of ether oxygens (including phenoxy) is 1. The van der Waals surface area contributed by atoms with Crippen LogP contribution in [0.5, 0.6) is 5.75 Å². The van der Waals surface area contributed by atoms with Gasteiger partial charge in [0.25, 0.3) is 0 Å². The summed E-state index contributed by atoms with van der Waals surface area (Å²) in [5, 5.41) is 14.4. The van der Waals surface area contributed by atoms with Crippen LogP contribution in [-0.2, 0) is 9.59 Å². The summed E-state index contributed by atoms with van der Waals surface area (Å²) >= 11 is 0. The van der Waals surface area contributed by atoms with Gasteiger partial charge < -0.3 is 20.5 Å². The molecule has 0 saturated carbocycles. The average Bonchev–Trinajstić information content (AvgIpc) is 2.45. The van der Waals surface area contributed by atoms with Gasteiger partial charge in [0.1, 0.15) is 11.8 Å². The zero-order chi connectivity index (χ0) is 15.7. The van der Waals surface area contributed by atoms with Crippen LogP contribution in [0.4, 0.5) is 5.69 Å². The maximum absolute atomic E-state index is 11.8. The number of carboxylic acid groups (broad SMARTS) is 1. The molecule has 3 N–H and O–H groups in total. The fourth-order valence-electron chi connectivity index (χ4n) is 1.67. The predicted molar refractivity (Wildman–Crippen MR) is 80.5 cm³/mol. The molecule has 0 bridgehead atoms. The lowest BCUT2D eigenvalue weighted by molar-refractivity contribution is -0.140. The first-order chi connectivity index (χ1) is 10.1. The number of hydrogen-bond donors (Lipinski definition) is 3. The summed E-state index contributed by atoms with van der Waals surface area (Å²) in [6.07, 6.45) is 1.39. The van der Waals surface area contributed by atoms with Crippen LogP contribution in [-0.4, -0.2) is 36.2 Å². The van der Waals surface area contributed by atoms with Crippen molar-refractivity contribution in [3.8, 4) is 5.75 Å². The number of benzene rings is 1. The minimum Gasteiger partial charge on any atom is -0.494 e. The lowest BCUT2D eigenvalue weighted by Gasteiger charge is -2.13. The maximum atomic E-state index is 11.8. The SMILES string of the molecule is C=CCNC(CC(=O)Nc1ccc(OCC)cc1)C(=O)O. The van der Waals surface area contributed by atoms with E-state index in [0.717, 1.165) is 0 Å². The van der Waals surface area contributed by atoms with Crippen molar-refractivity contribution in [3.63, 3.8) is 0 Å². The van der Waals surface area contributed by atoms with Crippen molar-refractivity contribution in [2.75, 3.05) is 18.5 Å². The second kappa shape index (κ2) is 8.76. The summed E-state index contributed by atoms with van der Waals surface area (Å²) in [4.78, 5) is 22.8. The first-order valence-corrected chi connectivity index (χ1v) is 6.66. The van der Waals surface area contributed by atoms with Crippen LogP contribution in [0.25, 0.3) is 0 Å². The monoisotopic (exact) mass is 292 g/mol. The standard InChI is InChI=1S/C15H20N2O4/c1-3-9-16-13(15(19)20)10-14(18)17-11-5-7-12(8-6-11)21-4-2/h3,5-8,13,16H,1,4,9-10H2,2H3,(H,17,18)(H,19,20). The van der Waals surface area contributed by atoms with E-state index in [1.807, 2.05) is 6.92 Å². The molecule has 0 heterocycles. The Kier molecular flexibility index (Phi) is 6.97. The van der Waals surface area contributed by atoms with Crippen LogP contribution in [0, 0.1) is 0 Å². The van der Waals surface area contributed by atoms with E-state index in [2.05, 4.69) is 17.2 Å². The molecule has 1 aromatic rings. The zero-order valence-electron chi connectivity index (χ0n) is 12.0. The van der Waals surface area contributed by atoms with Crippen molar-refractivity contribution in [1.82, 2.24) is 5.32 Å². The Balaban J connectivity index is 2.54. The minimum atomic E-state index is -1.07. The third-order valence-corrected chi connectivity index (χ3v) is 2.65. The Labute approximate surface area is 123 Å². The molecule has 1 unspecified atom stereocenters. The van der Waals surface area contributed by atoms with Crippen LogP contribution < -0.4 is 15.4 Å². The fraction of sp³-hybridized carbons (Fsp3) is 0.333. The molecule has 0 aliphatic rings. The number of carbonyl (C=O) groups excluding carboxylic acids is 1. The Hall–Kier alpha value is -2.34. The molecule has 1 aromatic carbocycles. The summed E-state index contributed by atoms with van der Waals surface area (Å²) in [5.74, 6) is -0.728. The van der Waals surface area contributed by atoms with Crippen LogP contribution >= 0.6 is 0 Å². The van der Waals surface area contributed by atoms with Gasteiger partial charge in [-0.15, -0.1) is 6.58 Å². The molecule has 0 fully saturated rings. The smallest absolute Gasteiger partial charge is 0.321 e. The molecule has 0 aliphatic heterocycles. The lowest BCUT2D eigenvalue weighted by atomic mass is 10.2. The number of hydrogen-bond acceptors (Lipinski definition) is 4. The van der Waals surface area contributed by atoms with Crippen molar-refractivity contribution >= 4 is 17.6 Å². The Morgan fingerprint density at radius 2 is 2.05 bits per heavy atom. The highest BCUT2D eigenvalue weighted by Crippen LogP contribution is 2.15. The normalized spacial score (nSPS) is 11.5. The first kappa shape index (κ1) is 16.7. The second-order valence-corrected chi connectivity index (χ2v) is 4.30. The highest BCUT2D eigenvalue weighted by molar-refractivity contribution is 5.94. The largest absolute Gasteiger partial charge is 0.494 e. The Morgan fingerprint density at radius 1 is 1.38 bits per heavy atom.